The number of carbonyl (C=O) groups is 1. The van der Waals surface area contributed by atoms with Gasteiger partial charge < -0.3 is 14.8 Å². The summed E-state index contributed by atoms with van der Waals surface area (Å²) >= 11 is 0. The highest BCUT2D eigenvalue weighted by atomic mass is 16.5. The highest BCUT2D eigenvalue weighted by Crippen LogP contribution is 2.29. The van der Waals surface area contributed by atoms with Crippen molar-refractivity contribution in [1.82, 2.24) is 0 Å². The van der Waals surface area contributed by atoms with Crippen LogP contribution in [0.15, 0.2) is 18.2 Å². The number of benzene rings is 1. The van der Waals surface area contributed by atoms with Gasteiger partial charge in [-0.15, -0.1) is 0 Å². The van der Waals surface area contributed by atoms with Gasteiger partial charge in [-0.3, -0.25) is 0 Å². The Morgan fingerprint density at radius 3 is 3.19 bits per heavy atom. The van der Waals surface area contributed by atoms with Crippen molar-refractivity contribution in [2.24, 2.45) is 0 Å². The van der Waals surface area contributed by atoms with Crippen LogP contribution in [-0.2, 0) is 4.74 Å². The van der Waals surface area contributed by atoms with Crippen LogP contribution < -0.4 is 10.1 Å². The number of rotatable bonds is 1. The molecule has 82 valence electrons. The average molecular weight is 218 g/mol. The second-order valence-electron chi connectivity index (χ2n) is 3.32. The Morgan fingerprint density at radius 2 is 2.50 bits per heavy atom. The minimum Gasteiger partial charge on any atom is -0.472 e. The summed E-state index contributed by atoms with van der Waals surface area (Å²) in [6, 6.07) is 6.92. The van der Waals surface area contributed by atoms with E-state index < -0.39 is 12.1 Å². The standard InChI is InChI=1S/C11H10N2O3/c1-15-11(14)7-2-3-10-9(4-7)13-6-8(5-12)16-10/h2-4,8,13H,6H2,1H3. The van der Waals surface area contributed by atoms with Crippen molar-refractivity contribution in [2.75, 3.05) is 19.0 Å². The molecule has 0 saturated carbocycles. The normalized spacial score (nSPS) is 17.4. The monoisotopic (exact) mass is 218 g/mol. The first-order chi connectivity index (χ1) is 7.74. The topological polar surface area (TPSA) is 71.3 Å². The number of ether oxygens (including phenoxy) is 2. The third-order valence-electron chi connectivity index (χ3n) is 2.29. The van der Waals surface area contributed by atoms with E-state index in [2.05, 4.69) is 10.1 Å². The van der Waals surface area contributed by atoms with Gasteiger partial charge in [0.2, 0.25) is 6.10 Å². The minimum atomic E-state index is -0.489. The molecule has 0 fully saturated rings. The van der Waals surface area contributed by atoms with E-state index in [0.717, 1.165) is 0 Å². The Kier molecular flexibility index (Phi) is 2.64. The van der Waals surface area contributed by atoms with Gasteiger partial charge in [0.05, 0.1) is 24.9 Å². The highest BCUT2D eigenvalue weighted by Gasteiger charge is 2.19. The smallest absolute Gasteiger partial charge is 0.337 e. The molecule has 1 aliphatic rings. The minimum absolute atomic E-state index is 0.396. The van der Waals surface area contributed by atoms with Crippen molar-refractivity contribution >= 4 is 11.7 Å². The molecule has 16 heavy (non-hydrogen) atoms. The molecule has 1 aromatic carbocycles. The van der Waals surface area contributed by atoms with Crippen LogP contribution in [0.1, 0.15) is 10.4 Å². The molecule has 1 aliphatic heterocycles. The molecule has 1 aromatic rings. The summed E-state index contributed by atoms with van der Waals surface area (Å²) in [5.74, 6) is 0.178. The van der Waals surface area contributed by atoms with Crippen LogP contribution in [0.4, 0.5) is 5.69 Å². The Labute approximate surface area is 92.6 Å². The number of nitriles is 1. The van der Waals surface area contributed by atoms with Crippen LogP contribution in [-0.4, -0.2) is 25.7 Å². The predicted molar refractivity (Wildman–Crippen MR) is 56.3 cm³/mol. The largest absolute Gasteiger partial charge is 0.472 e. The quantitative estimate of drug-likeness (QED) is 0.716. The SMILES string of the molecule is COC(=O)c1ccc2c(c1)NCC(C#N)O2. The van der Waals surface area contributed by atoms with Gasteiger partial charge >= 0.3 is 5.97 Å². The van der Waals surface area contributed by atoms with Crippen LogP contribution in [0.25, 0.3) is 0 Å². The lowest BCUT2D eigenvalue weighted by Crippen LogP contribution is -2.29. The second kappa shape index (κ2) is 4.11. The van der Waals surface area contributed by atoms with Gasteiger partial charge in [-0.05, 0) is 18.2 Å². The number of anilines is 1. The fourth-order valence-electron chi connectivity index (χ4n) is 1.49. The van der Waals surface area contributed by atoms with E-state index in [0.29, 0.717) is 23.5 Å². The van der Waals surface area contributed by atoms with Crippen molar-refractivity contribution in [3.05, 3.63) is 23.8 Å². The lowest BCUT2D eigenvalue weighted by molar-refractivity contribution is 0.0600. The van der Waals surface area contributed by atoms with E-state index in [1.807, 2.05) is 6.07 Å². The van der Waals surface area contributed by atoms with Gasteiger partial charge in [0.15, 0.2) is 0 Å². The third-order valence-corrected chi connectivity index (χ3v) is 2.29. The molecule has 0 spiro atoms. The molecule has 1 unspecified atom stereocenters. The van der Waals surface area contributed by atoms with Crippen molar-refractivity contribution in [1.29, 1.82) is 5.26 Å². The second-order valence-corrected chi connectivity index (χ2v) is 3.32. The molecular weight excluding hydrogens is 208 g/mol. The molecule has 0 bridgehead atoms. The number of hydrogen-bond donors (Lipinski definition) is 1. The van der Waals surface area contributed by atoms with Crippen LogP contribution in [0.5, 0.6) is 5.75 Å². The molecule has 0 saturated heterocycles. The van der Waals surface area contributed by atoms with Crippen LogP contribution in [0, 0.1) is 11.3 Å². The molecule has 0 aromatic heterocycles. The fourth-order valence-corrected chi connectivity index (χ4v) is 1.49. The number of nitrogens with one attached hydrogen (secondary N) is 1. The van der Waals surface area contributed by atoms with Crippen molar-refractivity contribution in [3.8, 4) is 11.8 Å². The first-order valence-corrected chi connectivity index (χ1v) is 4.77. The molecule has 1 atom stereocenters. The van der Waals surface area contributed by atoms with Crippen LogP contribution in [0.3, 0.4) is 0 Å². The lowest BCUT2D eigenvalue weighted by atomic mass is 10.1. The Morgan fingerprint density at radius 1 is 1.69 bits per heavy atom. The average Bonchev–Trinajstić information content (AvgIpc) is 2.36. The summed E-state index contributed by atoms with van der Waals surface area (Å²) in [6.07, 6.45) is -0.489. The molecule has 5 heteroatoms. The van der Waals surface area contributed by atoms with Crippen molar-refractivity contribution < 1.29 is 14.3 Å². The molecule has 5 nitrogen and oxygen atoms in total. The van der Waals surface area contributed by atoms with Gasteiger partial charge in [-0.2, -0.15) is 5.26 Å². The fraction of sp³-hybridized carbons (Fsp3) is 0.273. The summed E-state index contributed by atoms with van der Waals surface area (Å²) < 4.78 is 9.98. The van der Waals surface area contributed by atoms with E-state index in [4.69, 9.17) is 10.00 Å². The maximum Gasteiger partial charge on any atom is 0.337 e. The number of hydrogen-bond acceptors (Lipinski definition) is 5. The van der Waals surface area contributed by atoms with E-state index in [1.165, 1.54) is 7.11 Å². The van der Waals surface area contributed by atoms with E-state index in [1.54, 1.807) is 18.2 Å². The Hall–Kier alpha value is -2.22. The Balaban J connectivity index is 2.29. The zero-order chi connectivity index (χ0) is 11.5. The summed E-state index contributed by atoms with van der Waals surface area (Å²) in [5, 5.41) is 11.7. The summed E-state index contributed by atoms with van der Waals surface area (Å²) in [4.78, 5) is 11.3. The predicted octanol–water partition coefficient (Wildman–Crippen LogP) is 1.17. The third kappa shape index (κ3) is 1.77. The number of nitrogens with zero attached hydrogens (tertiary/aromatic N) is 1. The molecule has 0 amide bonds. The maximum absolute atomic E-state index is 11.3. The number of fused-ring (bicyclic) bond motifs is 1. The van der Waals surface area contributed by atoms with Gasteiger partial charge in [-0.25, -0.2) is 4.79 Å². The molecule has 1 N–H and O–H groups in total. The highest BCUT2D eigenvalue weighted by molar-refractivity contribution is 5.91. The van der Waals surface area contributed by atoms with Gasteiger partial charge in [-0.1, -0.05) is 0 Å². The molecule has 0 radical (unpaired) electrons. The maximum atomic E-state index is 11.3. The van der Waals surface area contributed by atoms with Crippen molar-refractivity contribution in [2.45, 2.75) is 6.10 Å². The number of esters is 1. The summed E-state index contributed by atoms with van der Waals surface area (Å²) in [5.41, 5.74) is 1.15. The molecule has 1 heterocycles. The van der Waals surface area contributed by atoms with E-state index in [9.17, 15) is 4.79 Å². The number of carbonyl (C=O) groups excluding carboxylic acids is 1. The first-order valence-electron chi connectivity index (χ1n) is 4.77. The van der Waals surface area contributed by atoms with Crippen LogP contribution in [0.2, 0.25) is 0 Å². The molecule has 2 rings (SSSR count). The zero-order valence-corrected chi connectivity index (χ0v) is 8.69. The van der Waals surface area contributed by atoms with Gasteiger partial charge in [0.1, 0.15) is 11.8 Å². The molecule has 0 aliphatic carbocycles. The molecular formula is C11H10N2O3. The zero-order valence-electron chi connectivity index (χ0n) is 8.69. The number of methoxy groups -OCH3 is 1. The van der Waals surface area contributed by atoms with E-state index in [-0.39, 0.29) is 0 Å². The van der Waals surface area contributed by atoms with Gasteiger partial charge in [0.25, 0.3) is 0 Å². The van der Waals surface area contributed by atoms with Crippen molar-refractivity contribution in [3.63, 3.8) is 0 Å². The van der Waals surface area contributed by atoms with E-state index >= 15 is 0 Å². The summed E-state index contributed by atoms with van der Waals surface area (Å²) in [7, 11) is 1.33. The lowest BCUT2D eigenvalue weighted by Gasteiger charge is -2.23. The first kappa shape index (κ1) is 10.3. The van der Waals surface area contributed by atoms with Crippen LogP contribution >= 0.6 is 0 Å². The van der Waals surface area contributed by atoms with Gasteiger partial charge in [0, 0.05) is 0 Å². The Bertz CT molecular complexity index is 465. The summed E-state index contributed by atoms with van der Waals surface area (Å²) in [6.45, 7) is 0.411.